The number of benzene rings is 1. The van der Waals surface area contributed by atoms with Crippen molar-refractivity contribution in [2.75, 3.05) is 27.2 Å². The Bertz CT molecular complexity index is 684. The normalized spacial score (nSPS) is 29.7. The number of fused-ring (bicyclic) bond motifs is 3. The van der Waals surface area contributed by atoms with E-state index in [2.05, 4.69) is 25.7 Å². The molecular formula is C20H31NO3. The molecule has 0 radical (unpaired) electrons. The summed E-state index contributed by atoms with van der Waals surface area (Å²) in [6.45, 7) is 8.45. The highest BCUT2D eigenvalue weighted by atomic mass is 16.5. The summed E-state index contributed by atoms with van der Waals surface area (Å²) >= 11 is 0. The van der Waals surface area contributed by atoms with Crippen LogP contribution in [0.2, 0.25) is 0 Å². The average molecular weight is 336 g/mol. The summed E-state index contributed by atoms with van der Waals surface area (Å²) in [5, 5.41) is 10.8. The van der Waals surface area contributed by atoms with Crippen LogP contribution >= 0.6 is 0 Å². The molecule has 0 aliphatic carbocycles. The fraction of sp³-hybridized carbons (Fsp3) is 0.700. The molecule has 0 unspecified atom stereocenters. The fourth-order valence-corrected chi connectivity index (χ4v) is 4.33. The average Bonchev–Trinajstić information content (AvgIpc) is 2.52. The van der Waals surface area contributed by atoms with Gasteiger partial charge in [0.25, 0.3) is 0 Å². The van der Waals surface area contributed by atoms with E-state index in [9.17, 15) is 5.11 Å². The molecule has 24 heavy (non-hydrogen) atoms. The van der Waals surface area contributed by atoms with Crippen LogP contribution in [0.4, 0.5) is 0 Å². The minimum Gasteiger partial charge on any atom is -0.493 e. The van der Waals surface area contributed by atoms with Crippen LogP contribution < -0.4 is 9.47 Å². The van der Waals surface area contributed by atoms with Gasteiger partial charge in [0.05, 0.1) is 24.4 Å². The minimum atomic E-state index is -2.51. The largest absolute Gasteiger partial charge is 0.493 e. The van der Waals surface area contributed by atoms with Crippen molar-refractivity contribution in [3.05, 3.63) is 23.3 Å². The molecule has 1 aromatic carbocycles. The first-order chi connectivity index (χ1) is 12.5. The van der Waals surface area contributed by atoms with Gasteiger partial charge < -0.3 is 14.6 Å². The topological polar surface area (TPSA) is 41.9 Å². The molecule has 4 heteroatoms. The van der Waals surface area contributed by atoms with E-state index in [1.807, 2.05) is 6.07 Å². The zero-order chi connectivity index (χ0) is 20.0. The van der Waals surface area contributed by atoms with Crippen LogP contribution in [0.15, 0.2) is 12.1 Å². The third kappa shape index (κ3) is 3.40. The van der Waals surface area contributed by atoms with Crippen LogP contribution in [-0.4, -0.2) is 43.3 Å². The first kappa shape index (κ1) is 14.0. The molecule has 2 aliphatic heterocycles. The van der Waals surface area contributed by atoms with Crippen molar-refractivity contribution >= 4 is 0 Å². The molecule has 0 amide bonds. The Morgan fingerprint density at radius 3 is 2.71 bits per heavy atom. The number of nitrogens with zero attached hydrogens (tertiary/aromatic N) is 1. The van der Waals surface area contributed by atoms with E-state index in [0.717, 1.165) is 37.1 Å². The van der Waals surface area contributed by atoms with Gasteiger partial charge in [0.15, 0.2) is 11.5 Å². The molecule has 0 spiro atoms. The maximum atomic E-state index is 10.8. The van der Waals surface area contributed by atoms with Crippen molar-refractivity contribution in [2.45, 2.75) is 52.2 Å². The van der Waals surface area contributed by atoms with Gasteiger partial charge in [-0.2, -0.15) is 0 Å². The molecule has 2 aliphatic rings. The number of hydrogen-bond donors (Lipinski definition) is 1. The second kappa shape index (κ2) is 6.57. The van der Waals surface area contributed by atoms with E-state index < -0.39 is 7.04 Å². The molecule has 0 bridgehead atoms. The van der Waals surface area contributed by atoms with Crippen LogP contribution in [0.1, 0.15) is 54.9 Å². The third-order valence-electron chi connectivity index (χ3n) is 5.36. The number of aliphatic hydroxyl groups is 1. The van der Waals surface area contributed by atoms with Crippen LogP contribution in [0.5, 0.6) is 11.5 Å². The SMILES string of the molecule is [2H]C([2H])([2H])Oc1cc2c(cc1OC)[C@H]1C[C@@H](O)[C@H](CC(C)(C)C)CN1CC2. The Morgan fingerprint density at radius 2 is 2.04 bits per heavy atom. The van der Waals surface area contributed by atoms with Crippen LogP contribution in [-0.2, 0) is 6.42 Å². The van der Waals surface area contributed by atoms with Crippen LogP contribution in [0.25, 0.3) is 0 Å². The summed E-state index contributed by atoms with van der Waals surface area (Å²) in [5.41, 5.74) is 2.39. The Labute approximate surface area is 150 Å². The lowest BCUT2D eigenvalue weighted by Crippen LogP contribution is -2.48. The number of hydrogen-bond acceptors (Lipinski definition) is 4. The second-order valence-corrected chi connectivity index (χ2v) is 8.39. The Kier molecular flexibility index (Phi) is 3.82. The second-order valence-electron chi connectivity index (χ2n) is 8.39. The van der Waals surface area contributed by atoms with E-state index in [4.69, 9.17) is 13.6 Å². The lowest BCUT2D eigenvalue weighted by atomic mass is 9.75. The summed E-state index contributed by atoms with van der Waals surface area (Å²) < 4.78 is 32.6. The predicted octanol–water partition coefficient (Wildman–Crippen LogP) is 3.42. The summed E-state index contributed by atoms with van der Waals surface area (Å²) in [7, 11) is -0.993. The van der Waals surface area contributed by atoms with Crippen molar-refractivity contribution in [2.24, 2.45) is 11.3 Å². The highest BCUT2D eigenvalue weighted by Crippen LogP contribution is 2.44. The monoisotopic (exact) mass is 336 g/mol. The fourth-order valence-electron chi connectivity index (χ4n) is 4.33. The van der Waals surface area contributed by atoms with Gasteiger partial charge in [0, 0.05) is 19.1 Å². The maximum Gasteiger partial charge on any atom is 0.161 e. The molecule has 3 rings (SSSR count). The number of piperidine rings is 1. The molecule has 2 heterocycles. The van der Waals surface area contributed by atoms with Gasteiger partial charge in [-0.15, -0.1) is 0 Å². The van der Waals surface area contributed by atoms with Crippen LogP contribution in [0.3, 0.4) is 0 Å². The first-order valence-electron chi connectivity index (χ1n) is 10.3. The first-order valence-corrected chi connectivity index (χ1v) is 8.79. The van der Waals surface area contributed by atoms with E-state index in [-0.39, 0.29) is 29.2 Å². The van der Waals surface area contributed by atoms with Gasteiger partial charge in [-0.05, 0) is 53.9 Å². The minimum absolute atomic E-state index is 0.135. The van der Waals surface area contributed by atoms with Crippen LogP contribution in [0, 0.1) is 11.3 Å². The molecule has 1 N–H and O–H groups in total. The summed E-state index contributed by atoms with van der Waals surface area (Å²) in [5.74, 6) is 0.965. The van der Waals surface area contributed by atoms with Gasteiger partial charge >= 0.3 is 0 Å². The zero-order valence-electron chi connectivity index (χ0n) is 18.1. The predicted molar refractivity (Wildman–Crippen MR) is 95.7 cm³/mol. The Hall–Kier alpha value is -1.26. The summed E-state index contributed by atoms with van der Waals surface area (Å²) in [4.78, 5) is 2.45. The number of rotatable bonds is 3. The van der Waals surface area contributed by atoms with Gasteiger partial charge in [-0.1, -0.05) is 20.8 Å². The summed E-state index contributed by atoms with van der Waals surface area (Å²) in [6, 6.07) is 3.82. The van der Waals surface area contributed by atoms with Gasteiger partial charge in [-0.3, -0.25) is 4.90 Å². The summed E-state index contributed by atoms with van der Waals surface area (Å²) in [6.07, 6.45) is 2.20. The highest BCUT2D eigenvalue weighted by molar-refractivity contribution is 5.49. The van der Waals surface area contributed by atoms with E-state index in [1.165, 1.54) is 7.11 Å². The van der Waals surface area contributed by atoms with Gasteiger partial charge in [0.2, 0.25) is 0 Å². The number of aliphatic hydroxyl groups excluding tert-OH is 1. The number of ether oxygens (including phenoxy) is 2. The molecule has 0 aromatic heterocycles. The van der Waals surface area contributed by atoms with Crippen molar-refractivity contribution in [3.8, 4) is 11.5 Å². The van der Waals surface area contributed by atoms with Crippen molar-refractivity contribution in [1.29, 1.82) is 0 Å². The van der Waals surface area contributed by atoms with E-state index >= 15 is 0 Å². The Balaban J connectivity index is 1.86. The lowest BCUT2D eigenvalue weighted by Gasteiger charge is -2.47. The Morgan fingerprint density at radius 1 is 1.29 bits per heavy atom. The maximum absolute atomic E-state index is 10.8. The molecule has 1 fully saturated rings. The van der Waals surface area contributed by atoms with E-state index in [1.54, 1.807) is 6.07 Å². The molecule has 4 nitrogen and oxygen atoms in total. The number of methoxy groups -OCH3 is 2. The molecular weight excluding hydrogens is 302 g/mol. The molecule has 134 valence electrons. The third-order valence-corrected chi connectivity index (χ3v) is 5.36. The quantitative estimate of drug-likeness (QED) is 0.918. The molecule has 1 aromatic rings. The van der Waals surface area contributed by atoms with E-state index in [0.29, 0.717) is 12.2 Å². The van der Waals surface area contributed by atoms with Gasteiger partial charge in [0.1, 0.15) is 0 Å². The standard InChI is InChI=1S/C20H31NO3/c1-20(2,3)11-14-12-21-7-6-13-8-18(23-4)19(24-5)9-15(13)16(21)10-17(14)22/h8-9,14,16-17,22H,6-7,10-12H2,1-5H3/t14-,16-,17-/m1/s1/i4D3. The highest BCUT2D eigenvalue weighted by Gasteiger charge is 2.39. The smallest absolute Gasteiger partial charge is 0.161 e. The van der Waals surface area contributed by atoms with Gasteiger partial charge in [-0.25, -0.2) is 0 Å². The van der Waals surface area contributed by atoms with Crippen molar-refractivity contribution < 1.29 is 18.7 Å². The van der Waals surface area contributed by atoms with Crippen molar-refractivity contribution in [3.63, 3.8) is 0 Å². The molecule has 0 saturated carbocycles. The zero-order valence-corrected chi connectivity index (χ0v) is 15.1. The van der Waals surface area contributed by atoms with Crippen molar-refractivity contribution in [1.82, 2.24) is 4.90 Å². The molecule has 3 atom stereocenters. The lowest BCUT2D eigenvalue weighted by molar-refractivity contribution is -0.0259. The molecule has 1 saturated heterocycles.